The first-order valence-electron chi connectivity index (χ1n) is 4.23. The lowest BCUT2D eigenvalue weighted by molar-refractivity contribution is -0.141. The maximum absolute atomic E-state index is 11.4. The molecule has 1 aliphatic rings. The van der Waals surface area contributed by atoms with Crippen molar-refractivity contribution in [2.45, 2.75) is 12.5 Å². The third-order valence-electron chi connectivity index (χ3n) is 2.15. The molecule has 1 saturated heterocycles. The van der Waals surface area contributed by atoms with Crippen LogP contribution in [0.25, 0.3) is 0 Å². The molecule has 12 heavy (non-hydrogen) atoms. The van der Waals surface area contributed by atoms with Gasteiger partial charge in [0.25, 0.3) is 0 Å². The van der Waals surface area contributed by atoms with Crippen molar-refractivity contribution < 1.29 is 9.53 Å². The highest BCUT2D eigenvalue weighted by Gasteiger charge is 2.25. The van der Waals surface area contributed by atoms with Crippen LogP contribution in [-0.4, -0.2) is 50.7 Å². The fraction of sp³-hybridized carbons (Fsp3) is 0.875. The molecule has 0 radical (unpaired) electrons. The van der Waals surface area contributed by atoms with E-state index in [1.807, 2.05) is 14.1 Å². The van der Waals surface area contributed by atoms with E-state index in [9.17, 15) is 4.79 Å². The van der Waals surface area contributed by atoms with Gasteiger partial charge in [0.15, 0.2) is 0 Å². The molecule has 0 unspecified atom stereocenters. The highest BCUT2D eigenvalue weighted by atomic mass is 16.5. The molecule has 1 rings (SSSR count). The number of amides is 1. The smallest absolute Gasteiger partial charge is 0.223 e. The molecular weight excluding hydrogens is 156 g/mol. The van der Waals surface area contributed by atoms with Crippen LogP contribution in [0, 0.1) is 0 Å². The number of carbonyl (C=O) groups is 1. The zero-order chi connectivity index (χ0) is 8.97. The van der Waals surface area contributed by atoms with Crippen LogP contribution < -0.4 is 5.32 Å². The number of hydrogen-bond acceptors (Lipinski definition) is 3. The van der Waals surface area contributed by atoms with Crippen molar-refractivity contribution in [1.29, 1.82) is 0 Å². The molecule has 0 aliphatic carbocycles. The largest absolute Gasteiger partial charge is 0.377 e. The van der Waals surface area contributed by atoms with E-state index in [1.54, 1.807) is 4.90 Å². The van der Waals surface area contributed by atoms with Gasteiger partial charge in [-0.05, 0) is 7.05 Å². The first-order valence-corrected chi connectivity index (χ1v) is 4.23. The molecule has 0 aromatic heterocycles. The summed E-state index contributed by atoms with van der Waals surface area (Å²) in [5, 5.41) is 2.95. The second-order valence-corrected chi connectivity index (χ2v) is 3.05. The van der Waals surface area contributed by atoms with E-state index in [4.69, 9.17) is 4.74 Å². The minimum Gasteiger partial charge on any atom is -0.377 e. The van der Waals surface area contributed by atoms with Gasteiger partial charge in [0, 0.05) is 20.0 Å². The number of rotatable bonds is 4. The van der Waals surface area contributed by atoms with Gasteiger partial charge in [0.05, 0.1) is 19.3 Å². The van der Waals surface area contributed by atoms with E-state index in [-0.39, 0.29) is 5.91 Å². The Balaban J connectivity index is 2.20. The van der Waals surface area contributed by atoms with Crippen LogP contribution in [0.3, 0.4) is 0 Å². The number of likely N-dealkylation sites (N-methyl/N-ethyl adjacent to an activating group) is 1. The molecule has 0 aromatic rings. The Morgan fingerprint density at radius 3 is 2.75 bits per heavy atom. The van der Waals surface area contributed by atoms with E-state index >= 15 is 0 Å². The minimum absolute atomic E-state index is 0.192. The van der Waals surface area contributed by atoms with Gasteiger partial charge in [0.1, 0.15) is 0 Å². The summed E-state index contributed by atoms with van der Waals surface area (Å²) in [5.74, 6) is 0.192. The first-order chi connectivity index (χ1) is 5.75. The summed E-state index contributed by atoms with van der Waals surface area (Å²) in [6, 6.07) is 0.314. The van der Waals surface area contributed by atoms with Gasteiger partial charge in [-0.25, -0.2) is 0 Å². The molecule has 70 valence electrons. The number of hydrogen-bond donors (Lipinski definition) is 1. The average Bonchev–Trinajstić information content (AvgIpc) is 1.96. The van der Waals surface area contributed by atoms with Gasteiger partial charge in [-0.2, -0.15) is 0 Å². The van der Waals surface area contributed by atoms with E-state index in [0.717, 1.165) is 6.54 Å². The summed E-state index contributed by atoms with van der Waals surface area (Å²) >= 11 is 0. The lowest BCUT2D eigenvalue weighted by Gasteiger charge is -2.34. The fourth-order valence-corrected chi connectivity index (χ4v) is 1.06. The van der Waals surface area contributed by atoms with E-state index in [2.05, 4.69) is 5.32 Å². The van der Waals surface area contributed by atoms with Crippen LogP contribution >= 0.6 is 0 Å². The monoisotopic (exact) mass is 172 g/mol. The molecule has 1 heterocycles. The predicted molar refractivity (Wildman–Crippen MR) is 45.9 cm³/mol. The van der Waals surface area contributed by atoms with Gasteiger partial charge in [-0.1, -0.05) is 0 Å². The van der Waals surface area contributed by atoms with Crippen molar-refractivity contribution >= 4 is 5.91 Å². The molecule has 1 amide bonds. The molecule has 1 N–H and O–H groups in total. The second-order valence-electron chi connectivity index (χ2n) is 3.05. The van der Waals surface area contributed by atoms with Gasteiger partial charge in [-0.15, -0.1) is 0 Å². The Labute approximate surface area is 72.9 Å². The quantitative estimate of drug-likeness (QED) is 0.619. The first kappa shape index (κ1) is 9.48. The summed E-state index contributed by atoms with van der Waals surface area (Å²) in [5.41, 5.74) is 0. The number of nitrogens with zero attached hydrogens (tertiary/aromatic N) is 1. The van der Waals surface area contributed by atoms with Crippen molar-refractivity contribution in [3.8, 4) is 0 Å². The van der Waals surface area contributed by atoms with E-state index < -0.39 is 0 Å². The molecule has 1 aliphatic heterocycles. The van der Waals surface area contributed by atoms with E-state index in [0.29, 0.717) is 25.7 Å². The zero-order valence-corrected chi connectivity index (χ0v) is 7.67. The van der Waals surface area contributed by atoms with Gasteiger partial charge in [0.2, 0.25) is 5.91 Å². The van der Waals surface area contributed by atoms with Gasteiger partial charge < -0.3 is 15.0 Å². The van der Waals surface area contributed by atoms with Gasteiger partial charge in [-0.3, -0.25) is 4.79 Å². The Morgan fingerprint density at radius 1 is 1.67 bits per heavy atom. The highest BCUT2D eigenvalue weighted by molar-refractivity contribution is 5.76. The standard InChI is InChI=1S/C8H16N2O2/c1-9-4-3-8(11)10(2)7-5-12-6-7/h7,9H,3-6H2,1-2H3. The van der Waals surface area contributed by atoms with Gasteiger partial charge >= 0.3 is 0 Å². The third kappa shape index (κ3) is 2.19. The van der Waals surface area contributed by atoms with Crippen LogP contribution in [0.15, 0.2) is 0 Å². The molecule has 0 bridgehead atoms. The van der Waals surface area contributed by atoms with Crippen LogP contribution in [0.2, 0.25) is 0 Å². The third-order valence-corrected chi connectivity index (χ3v) is 2.15. The molecule has 1 fully saturated rings. The van der Waals surface area contributed by atoms with Crippen molar-refractivity contribution in [2.75, 3.05) is 33.9 Å². The van der Waals surface area contributed by atoms with Crippen LogP contribution in [-0.2, 0) is 9.53 Å². The molecule has 0 saturated carbocycles. The Bertz CT molecular complexity index is 157. The van der Waals surface area contributed by atoms with Crippen molar-refractivity contribution in [3.63, 3.8) is 0 Å². The lowest BCUT2D eigenvalue weighted by atomic mass is 10.2. The Morgan fingerprint density at radius 2 is 2.33 bits per heavy atom. The SMILES string of the molecule is CNCCC(=O)N(C)C1COC1. The summed E-state index contributed by atoms with van der Waals surface area (Å²) in [6.07, 6.45) is 0.573. The minimum atomic E-state index is 0.192. The van der Waals surface area contributed by atoms with E-state index in [1.165, 1.54) is 0 Å². The lowest BCUT2D eigenvalue weighted by Crippen LogP contribution is -2.49. The molecule has 4 heteroatoms. The van der Waals surface area contributed by atoms with Crippen LogP contribution in [0.5, 0.6) is 0 Å². The molecule has 0 aromatic carbocycles. The summed E-state index contributed by atoms with van der Waals surface area (Å²) < 4.78 is 5.00. The zero-order valence-electron chi connectivity index (χ0n) is 7.67. The maximum Gasteiger partial charge on any atom is 0.223 e. The molecular formula is C8H16N2O2. The number of ether oxygens (including phenoxy) is 1. The normalized spacial score (nSPS) is 17.2. The second kappa shape index (κ2) is 4.42. The van der Waals surface area contributed by atoms with Crippen molar-refractivity contribution in [3.05, 3.63) is 0 Å². The topological polar surface area (TPSA) is 41.6 Å². The highest BCUT2D eigenvalue weighted by Crippen LogP contribution is 2.08. The number of carbonyl (C=O) groups excluding carboxylic acids is 1. The molecule has 0 spiro atoms. The maximum atomic E-state index is 11.4. The Hall–Kier alpha value is -0.610. The van der Waals surface area contributed by atoms with Crippen LogP contribution in [0.4, 0.5) is 0 Å². The Kier molecular flexibility index (Phi) is 3.49. The summed E-state index contributed by atoms with van der Waals surface area (Å²) in [4.78, 5) is 13.1. The average molecular weight is 172 g/mol. The fourth-order valence-electron chi connectivity index (χ4n) is 1.06. The summed E-state index contributed by atoms with van der Waals surface area (Å²) in [7, 11) is 3.69. The van der Waals surface area contributed by atoms with Crippen molar-refractivity contribution in [1.82, 2.24) is 10.2 Å². The predicted octanol–water partition coefficient (Wildman–Crippen LogP) is -0.547. The molecule has 4 nitrogen and oxygen atoms in total. The summed E-state index contributed by atoms with van der Waals surface area (Å²) in [6.45, 7) is 2.14. The van der Waals surface area contributed by atoms with Crippen molar-refractivity contribution in [2.24, 2.45) is 0 Å². The van der Waals surface area contributed by atoms with Crippen LogP contribution in [0.1, 0.15) is 6.42 Å². The number of nitrogens with one attached hydrogen (secondary N) is 1. The molecule has 0 atom stereocenters.